The normalized spacial score (nSPS) is 16.6. The van der Waals surface area contributed by atoms with E-state index < -0.39 is 0 Å². The number of anilines is 2. The number of carbonyl (C=O) groups is 1. The minimum Gasteiger partial charge on any atom is -0.372 e. The van der Waals surface area contributed by atoms with Crippen LogP contribution in [0.3, 0.4) is 0 Å². The van der Waals surface area contributed by atoms with E-state index in [2.05, 4.69) is 67.7 Å². The van der Waals surface area contributed by atoms with Gasteiger partial charge in [-0.05, 0) is 61.9 Å². The third kappa shape index (κ3) is 3.59. The number of ketones is 1. The summed E-state index contributed by atoms with van der Waals surface area (Å²) >= 11 is 0. The summed E-state index contributed by atoms with van der Waals surface area (Å²) in [5, 5.41) is 0. The Labute approximate surface area is 168 Å². The van der Waals surface area contributed by atoms with Crippen LogP contribution < -0.4 is 9.80 Å². The van der Waals surface area contributed by atoms with Crippen LogP contribution in [0.15, 0.2) is 66.5 Å². The molecule has 0 bridgehead atoms. The number of rotatable bonds is 6. The van der Waals surface area contributed by atoms with Crippen LogP contribution in [0.4, 0.5) is 11.4 Å². The van der Waals surface area contributed by atoms with Crippen LogP contribution in [-0.2, 0) is 5.41 Å². The van der Waals surface area contributed by atoms with Crippen molar-refractivity contribution in [3.8, 4) is 0 Å². The van der Waals surface area contributed by atoms with Crippen molar-refractivity contribution in [1.29, 1.82) is 0 Å². The summed E-state index contributed by atoms with van der Waals surface area (Å²) in [5.41, 5.74) is 5.29. The summed E-state index contributed by atoms with van der Waals surface area (Å²) in [4.78, 5) is 21.0. The second-order valence-electron chi connectivity index (χ2n) is 7.55. The Morgan fingerprint density at radius 2 is 1.93 bits per heavy atom. The smallest absolute Gasteiger partial charge is 0.204 e. The van der Waals surface area contributed by atoms with E-state index in [1.807, 2.05) is 24.3 Å². The highest BCUT2D eigenvalue weighted by Crippen LogP contribution is 2.48. The number of fused-ring (bicyclic) bond motifs is 1. The number of carbonyl (C=O) groups excluding carboxylic acids is 1. The summed E-state index contributed by atoms with van der Waals surface area (Å²) in [5.74, 6) is -0.0859. The molecule has 0 atom stereocenters. The van der Waals surface area contributed by atoms with Gasteiger partial charge in [0.2, 0.25) is 5.78 Å². The van der Waals surface area contributed by atoms with Crippen molar-refractivity contribution in [3.05, 3.63) is 77.8 Å². The Kier molecular flexibility index (Phi) is 5.68. The van der Waals surface area contributed by atoms with Gasteiger partial charge in [0.05, 0.1) is 0 Å². The molecule has 1 aromatic heterocycles. The summed E-state index contributed by atoms with van der Waals surface area (Å²) < 4.78 is 0. The van der Waals surface area contributed by atoms with E-state index in [0.717, 1.165) is 13.1 Å². The predicted molar refractivity (Wildman–Crippen MR) is 117 cm³/mol. The number of nitrogens with zero attached hydrogens (tertiary/aromatic N) is 3. The zero-order chi connectivity index (χ0) is 20.3. The number of aromatic nitrogens is 1. The van der Waals surface area contributed by atoms with Gasteiger partial charge in [-0.3, -0.25) is 9.78 Å². The predicted octanol–water partition coefficient (Wildman–Crippen LogP) is 4.98. The van der Waals surface area contributed by atoms with Gasteiger partial charge >= 0.3 is 0 Å². The molecule has 3 rings (SSSR count). The lowest BCUT2D eigenvalue weighted by atomic mass is 9.83. The first kappa shape index (κ1) is 19.9. The maximum Gasteiger partial charge on any atom is 0.204 e. The lowest BCUT2D eigenvalue weighted by Crippen LogP contribution is -2.23. The molecule has 1 aliphatic heterocycles. The van der Waals surface area contributed by atoms with Gasteiger partial charge in [-0.1, -0.05) is 26.0 Å². The molecule has 2 aromatic rings. The van der Waals surface area contributed by atoms with Crippen LogP contribution >= 0.6 is 0 Å². The van der Waals surface area contributed by atoms with E-state index in [4.69, 9.17) is 0 Å². The zero-order valence-corrected chi connectivity index (χ0v) is 17.4. The molecule has 28 heavy (non-hydrogen) atoms. The molecule has 4 nitrogen and oxygen atoms in total. The van der Waals surface area contributed by atoms with Crippen LogP contribution in [-0.4, -0.2) is 30.9 Å². The molecule has 1 aliphatic rings. The van der Waals surface area contributed by atoms with Crippen molar-refractivity contribution in [2.45, 2.75) is 33.1 Å². The Morgan fingerprint density at radius 3 is 2.57 bits per heavy atom. The van der Waals surface area contributed by atoms with Crippen molar-refractivity contribution >= 4 is 17.2 Å². The van der Waals surface area contributed by atoms with Gasteiger partial charge in [-0.25, -0.2) is 0 Å². The lowest BCUT2D eigenvalue weighted by molar-refractivity contribution is 0.104. The summed E-state index contributed by atoms with van der Waals surface area (Å²) in [6.07, 6.45) is 7.10. The van der Waals surface area contributed by atoms with E-state index in [-0.39, 0.29) is 11.2 Å². The molecule has 1 aromatic carbocycles. The third-order valence-electron chi connectivity index (χ3n) is 5.56. The van der Waals surface area contributed by atoms with E-state index >= 15 is 0 Å². The van der Waals surface area contributed by atoms with Gasteiger partial charge in [0, 0.05) is 48.8 Å². The molecule has 0 amide bonds. The monoisotopic (exact) mass is 375 g/mol. The van der Waals surface area contributed by atoms with Gasteiger partial charge in [-0.2, -0.15) is 0 Å². The first-order valence-corrected chi connectivity index (χ1v) is 9.87. The zero-order valence-electron chi connectivity index (χ0n) is 17.4. The van der Waals surface area contributed by atoms with Gasteiger partial charge in [0.1, 0.15) is 5.69 Å². The molecule has 2 heterocycles. The third-order valence-corrected chi connectivity index (χ3v) is 5.56. The average molecular weight is 376 g/mol. The van der Waals surface area contributed by atoms with Crippen molar-refractivity contribution in [2.24, 2.45) is 0 Å². The minimum absolute atomic E-state index is 0.0859. The van der Waals surface area contributed by atoms with Crippen molar-refractivity contribution in [1.82, 2.24) is 4.98 Å². The average Bonchev–Trinajstić information content (AvgIpc) is 2.90. The fraction of sp³-hybridized carbons (Fsp3) is 0.333. The number of hydrogen-bond acceptors (Lipinski definition) is 4. The minimum atomic E-state index is -0.133. The van der Waals surface area contributed by atoms with Crippen LogP contribution in [0.5, 0.6) is 0 Å². The summed E-state index contributed by atoms with van der Waals surface area (Å²) in [6.45, 7) is 10.8. The number of likely N-dealkylation sites (N-methyl/N-ethyl adjacent to an activating group) is 1. The molecule has 0 radical (unpaired) electrons. The molecule has 0 spiro atoms. The van der Waals surface area contributed by atoms with Crippen molar-refractivity contribution < 1.29 is 4.79 Å². The fourth-order valence-corrected chi connectivity index (χ4v) is 3.93. The number of pyridine rings is 1. The van der Waals surface area contributed by atoms with Gasteiger partial charge in [0.15, 0.2) is 0 Å². The molecule has 0 N–H and O–H groups in total. The van der Waals surface area contributed by atoms with Crippen LogP contribution in [0, 0.1) is 0 Å². The largest absolute Gasteiger partial charge is 0.372 e. The quantitative estimate of drug-likeness (QED) is 0.527. The Hall–Kier alpha value is -2.88. The standard InChI is InChI=1S/C24H29N3O/c1-6-27(7-2)18-14-15-21-19(17-18)24(3,4)23(26(21)5)13-10-12-22(28)20-11-8-9-16-25-20/h8-17H,6-7H2,1-5H3. The van der Waals surface area contributed by atoms with E-state index in [9.17, 15) is 4.79 Å². The van der Waals surface area contributed by atoms with E-state index in [1.54, 1.807) is 18.3 Å². The maximum atomic E-state index is 12.3. The van der Waals surface area contributed by atoms with Gasteiger partial charge < -0.3 is 9.80 Å². The first-order chi connectivity index (χ1) is 13.4. The van der Waals surface area contributed by atoms with Crippen LogP contribution in [0.1, 0.15) is 43.7 Å². The molecule has 0 fully saturated rings. The molecule has 0 saturated heterocycles. The Balaban J connectivity index is 1.89. The molecule has 0 saturated carbocycles. The number of hydrogen-bond donors (Lipinski definition) is 0. The van der Waals surface area contributed by atoms with Crippen LogP contribution in [0.25, 0.3) is 0 Å². The highest BCUT2D eigenvalue weighted by atomic mass is 16.1. The topological polar surface area (TPSA) is 36.4 Å². The van der Waals surface area contributed by atoms with Crippen LogP contribution in [0.2, 0.25) is 0 Å². The molecule has 0 aliphatic carbocycles. The van der Waals surface area contributed by atoms with Crippen molar-refractivity contribution in [2.75, 3.05) is 29.9 Å². The number of benzene rings is 1. The maximum absolute atomic E-state index is 12.3. The fourth-order valence-electron chi connectivity index (χ4n) is 3.93. The SMILES string of the molecule is CCN(CC)c1ccc2c(c1)C(C)(C)C(=CC=CC(=O)c1ccccn1)N2C. The van der Waals surface area contributed by atoms with E-state index in [1.165, 1.54) is 22.6 Å². The second kappa shape index (κ2) is 8.01. The number of allylic oxidation sites excluding steroid dienone is 4. The summed E-state index contributed by atoms with van der Waals surface area (Å²) in [6, 6.07) is 12.1. The van der Waals surface area contributed by atoms with Crippen molar-refractivity contribution in [3.63, 3.8) is 0 Å². The van der Waals surface area contributed by atoms with Gasteiger partial charge in [0.25, 0.3) is 0 Å². The highest BCUT2D eigenvalue weighted by molar-refractivity contribution is 6.03. The van der Waals surface area contributed by atoms with Gasteiger partial charge in [-0.15, -0.1) is 0 Å². The molecular formula is C24H29N3O. The second-order valence-corrected chi connectivity index (χ2v) is 7.55. The lowest BCUT2D eigenvalue weighted by Gasteiger charge is -2.25. The first-order valence-electron chi connectivity index (χ1n) is 9.87. The van der Waals surface area contributed by atoms with E-state index in [0.29, 0.717) is 5.69 Å². The Morgan fingerprint density at radius 1 is 1.18 bits per heavy atom. The molecule has 0 unspecified atom stereocenters. The molecular weight excluding hydrogens is 346 g/mol. The summed E-state index contributed by atoms with van der Waals surface area (Å²) in [7, 11) is 2.09. The highest BCUT2D eigenvalue weighted by Gasteiger charge is 2.38. The molecule has 4 heteroatoms. The molecule has 146 valence electrons. The Bertz CT molecular complexity index is 909.